The number of hydrogen-bond donors (Lipinski definition) is 1. The molecule has 0 saturated carbocycles. The molecule has 0 aliphatic carbocycles. The van der Waals surface area contributed by atoms with Gasteiger partial charge in [-0.05, 0) is 22.4 Å². The fourth-order valence-corrected chi connectivity index (χ4v) is 2.19. The van der Waals surface area contributed by atoms with E-state index in [2.05, 4.69) is 0 Å². The van der Waals surface area contributed by atoms with Crippen LogP contribution < -0.4 is 0 Å². The molecule has 0 radical (unpaired) electrons. The molecule has 0 aliphatic heterocycles. The van der Waals surface area contributed by atoms with E-state index >= 15 is 0 Å². The van der Waals surface area contributed by atoms with E-state index in [1.54, 1.807) is 11.3 Å². The molecule has 3 aromatic rings. The van der Waals surface area contributed by atoms with Crippen molar-refractivity contribution in [2.75, 3.05) is 0 Å². The number of hydrogen-bond acceptors (Lipinski definition) is 2. The monoisotopic (exact) mass is 298 g/mol. The second kappa shape index (κ2) is 8.06. The van der Waals surface area contributed by atoms with Crippen LogP contribution in [0.15, 0.2) is 71.4 Å². The first-order valence-electron chi connectivity index (χ1n) is 5.46. The molecule has 1 nitrogen and oxygen atoms in total. The molecule has 1 N–H and O–H groups in total. The molecule has 1 atom stereocenters. The van der Waals surface area contributed by atoms with Gasteiger partial charge in [0.2, 0.25) is 0 Å². The van der Waals surface area contributed by atoms with E-state index in [-0.39, 0.29) is 17.1 Å². The van der Waals surface area contributed by atoms with Gasteiger partial charge < -0.3 is 34.9 Å². The van der Waals surface area contributed by atoms with Crippen LogP contribution in [0.25, 0.3) is 0 Å². The molecule has 1 unspecified atom stereocenters. The molecule has 18 heavy (non-hydrogen) atoms. The molecule has 0 bridgehead atoms. The maximum Gasteiger partial charge on any atom is 0 e. The van der Waals surface area contributed by atoms with Gasteiger partial charge in [0.05, 0.1) is 0 Å². The molecule has 0 aliphatic rings. The third-order valence-corrected chi connectivity index (χ3v) is 3.12. The molecule has 0 spiro atoms. The smallest absolute Gasteiger partial charge is 0 e. The Hall–Kier alpha value is -1.12. The predicted molar refractivity (Wildman–Crippen MR) is 72.5 cm³/mol. The number of aliphatic hydroxyl groups excluding tert-OH is 1. The molecule has 1 aromatic heterocycles. The maximum absolute atomic E-state index is 9.78. The molecular weight excluding hydrogens is 284 g/mol. The minimum absolute atomic E-state index is 0. The average Bonchev–Trinajstić information content (AvgIpc) is 3.11. The Bertz CT molecular complexity index is 431. The number of rotatable bonds is 2. The Balaban J connectivity index is 0.000000230. The van der Waals surface area contributed by atoms with Gasteiger partial charge >= 0.3 is 0 Å². The first-order valence-corrected chi connectivity index (χ1v) is 6.40. The third-order valence-electron chi connectivity index (χ3n) is 2.42. The van der Waals surface area contributed by atoms with Crippen molar-refractivity contribution < 1.29 is 22.2 Å². The fraction of sp³-hybridized carbons (Fsp3) is 0.0667. The van der Waals surface area contributed by atoms with Gasteiger partial charge in [-0.15, -0.1) is 0 Å². The van der Waals surface area contributed by atoms with Crippen LogP contribution in [0.3, 0.4) is 0 Å². The van der Waals surface area contributed by atoms with Crippen LogP contribution in [0.5, 0.6) is 0 Å². The van der Waals surface area contributed by atoms with Gasteiger partial charge in [-0.1, -0.05) is 6.10 Å². The van der Waals surface area contributed by atoms with Crippen LogP contribution in [0.2, 0.25) is 0 Å². The Morgan fingerprint density at radius 2 is 1.83 bits per heavy atom. The van der Waals surface area contributed by atoms with Crippen LogP contribution in [0.1, 0.15) is 17.2 Å². The van der Waals surface area contributed by atoms with Crippen LogP contribution in [-0.4, -0.2) is 5.11 Å². The summed E-state index contributed by atoms with van der Waals surface area (Å²) < 4.78 is 0. The minimum atomic E-state index is -0.453. The van der Waals surface area contributed by atoms with Crippen LogP contribution in [0, 0.1) is 0 Å². The quantitative estimate of drug-likeness (QED) is 0.561. The number of aliphatic hydroxyl groups is 1. The second-order valence-corrected chi connectivity index (χ2v) is 4.42. The summed E-state index contributed by atoms with van der Waals surface area (Å²) in [7, 11) is 0. The van der Waals surface area contributed by atoms with E-state index in [9.17, 15) is 5.11 Å². The predicted octanol–water partition coefficient (Wildman–Crippen LogP) is 3.95. The standard InChI is InChI=1S/C10H9OS.C5H5.Fe/c11-10(8-3-1-2-4-8)9-5-6-12-7-9;1-2-4-5-3-1;/h1-7,10-11H;1-5H;/q-5;-1;. The van der Waals surface area contributed by atoms with Gasteiger partial charge in [0.15, 0.2) is 0 Å². The summed E-state index contributed by atoms with van der Waals surface area (Å²) in [6.07, 6.45) is -0.453. The van der Waals surface area contributed by atoms with Gasteiger partial charge in [-0.3, -0.25) is 0 Å². The topological polar surface area (TPSA) is 20.2 Å². The Morgan fingerprint density at radius 1 is 1.17 bits per heavy atom. The Kier molecular flexibility index (Phi) is 6.69. The SMILES string of the molecule is OC(c1ccsc1)[c-]1[cH-][cH-][cH-][cH-]1.[Fe].c1cc[cH-]c1. The summed E-state index contributed by atoms with van der Waals surface area (Å²) >= 11 is 1.61. The van der Waals surface area contributed by atoms with Crippen molar-refractivity contribution in [3.05, 3.63) is 82.6 Å². The zero-order valence-electron chi connectivity index (χ0n) is 9.71. The van der Waals surface area contributed by atoms with Crippen molar-refractivity contribution in [2.45, 2.75) is 6.10 Å². The summed E-state index contributed by atoms with van der Waals surface area (Å²) in [6.45, 7) is 0. The molecule has 1 heterocycles. The van der Waals surface area contributed by atoms with Crippen molar-refractivity contribution in [3.8, 4) is 0 Å². The first-order chi connectivity index (χ1) is 8.38. The minimum Gasteiger partial charge on any atom is -0.747 e. The molecule has 3 rings (SSSR count). The van der Waals surface area contributed by atoms with Crippen molar-refractivity contribution in [1.82, 2.24) is 0 Å². The summed E-state index contributed by atoms with van der Waals surface area (Å²) in [4.78, 5) is 0. The largest absolute Gasteiger partial charge is 0.747 e. The van der Waals surface area contributed by atoms with E-state index in [1.165, 1.54) is 0 Å². The molecule has 3 heteroatoms. The summed E-state index contributed by atoms with van der Waals surface area (Å²) in [5, 5.41) is 13.7. The normalized spacial score (nSPS) is 10.9. The molecule has 0 fully saturated rings. The van der Waals surface area contributed by atoms with E-state index in [0.29, 0.717) is 0 Å². The average molecular weight is 298 g/mol. The van der Waals surface area contributed by atoms with Crippen molar-refractivity contribution in [2.24, 2.45) is 0 Å². The zero-order valence-corrected chi connectivity index (χ0v) is 11.6. The first kappa shape index (κ1) is 14.9. The van der Waals surface area contributed by atoms with Crippen molar-refractivity contribution in [3.63, 3.8) is 0 Å². The van der Waals surface area contributed by atoms with Gasteiger partial charge in [0.25, 0.3) is 0 Å². The third kappa shape index (κ3) is 4.28. The maximum atomic E-state index is 9.78. The van der Waals surface area contributed by atoms with Crippen molar-refractivity contribution in [1.29, 1.82) is 0 Å². The summed E-state index contributed by atoms with van der Waals surface area (Å²) in [5.41, 5.74) is 1.94. The van der Waals surface area contributed by atoms with Crippen LogP contribution in [0.4, 0.5) is 0 Å². The van der Waals surface area contributed by atoms with Gasteiger partial charge in [-0.2, -0.15) is 29.5 Å². The second-order valence-electron chi connectivity index (χ2n) is 3.64. The zero-order chi connectivity index (χ0) is 11.9. The van der Waals surface area contributed by atoms with E-state index in [1.807, 2.05) is 71.4 Å². The van der Waals surface area contributed by atoms with Crippen LogP contribution >= 0.6 is 11.3 Å². The van der Waals surface area contributed by atoms with E-state index in [0.717, 1.165) is 11.1 Å². The molecule has 2 aromatic carbocycles. The molecular formula is C15H14FeOS-6. The summed E-state index contributed by atoms with van der Waals surface area (Å²) in [6, 6.07) is 19.7. The molecule has 100 valence electrons. The van der Waals surface area contributed by atoms with E-state index in [4.69, 9.17) is 0 Å². The fourth-order valence-electron chi connectivity index (χ4n) is 1.51. The molecule has 0 saturated heterocycles. The Labute approximate surface area is 122 Å². The number of thiophene rings is 1. The van der Waals surface area contributed by atoms with Gasteiger partial charge in [-0.25, -0.2) is 12.1 Å². The van der Waals surface area contributed by atoms with Gasteiger partial charge in [0.1, 0.15) is 0 Å². The van der Waals surface area contributed by atoms with E-state index < -0.39 is 6.10 Å². The Morgan fingerprint density at radius 3 is 2.28 bits per heavy atom. The summed E-state index contributed by atoms with van der Waals surface area (Å²) in [5.74, 6) is 0. The van der Waals surface area contributed by atoms with Crippen molar-refractivity contribution >= 4 is 11.3 Å². The van der Waals surface area contributed by atoms with Crippen LogP contribution in [-0.2, 0) is 17.1 Å². The van der Waals surface area contributed by atoms with Gasteiger partial charge in [0, 0.05) is 17.1 Å². The molecule has 0 amide bonds.